The largest absolute Gasteiger partial charge is 0.495 e. The molecule has 0 saturated heterocycles. The van der Waals surface area contributed by atoms with Gasteiger partial charge in [-0.3, -0.25) is 0 Å². The van der Waals surface area contributed by atoms with E-state index in [1.54, 1.807) is 14.2 Å². The van der Waals surface area contributed by atoms with E-state index < -0.39 is 0 Å². The molecule has 0 saturated carbocycles. The molecule has 0 aliphatic heterocycles. The second kappa shape index (κ2) is 15.6. The molecular weight excluding hydrogens is 789 g/mol. The van der Waals surface area contributed by atoms with Gasteiger partial charge in [-0.25, -0.2) is 0 Å². The van der Waals surface area contributed by atoms with Crippen molar-refractivity contribution in [3.05, 3.63) is 181 Å². The lowest BCUT2D eigenvalue weighted by Crippen LogP contribution is -2.11. The van der Waals surface area contributed by atoms with Crippen molar-refractivity contribution in [2.75, 3.05) is 24.0 Å². The van der Waals surface area contributed by atoms with Crippen molar-refractivity contribution in [3.63, 3.8) is 0 Å². The highest BCUT2D eigenvalue weighted by Gasteiger charge is 2.21. The van der Waals surface area contributed by atoms with Crippen LogP contribution in [0.15, 0.2) is 179 Å². The predicted molar refractivity (Wildman–Crippen MR) is 267 cm³/mol. The number of furan rings is 2. The van der Waals surface area contributed by atoms with Crippen molar-refractivity contribution >= 4 is 99.5 Å². The van der Waals surface area contributed by atoms with Gasteiger partial charge in [0, 0.05) is 50.4 Å². The zero-order valence-corrected chi connectivity index (χ0v) is 36.8. The fourth-order valence-corrected chi connectivity index (χ4v) is 9.28. The van der Waals surface area contributed by atoms with Gasteiger partial charge < -0.3 is 28.1 Å². The van der Waals surface area contributed by atoms with E-state index in [1.807, 2.05) is 30.3 Å². The Bertz CT molecular complexity index is 3310. The maximum atomic E-state index is 6.64. The number of rotatable bonds is 10. The molecule has 0 N–H and O–H groups in total. The molecule has 0 atom stereocenters. The lowest BCUT2D eigenvalue weighted by Gasteiger charge is -2.27. The van der Waals surface area contributed by atoms with Gasteiger partial charge in [0.2, 0.25) is 0 Å². The Labute approximate surface area is 372 Å². The first-order valence-corrected chi connectivity index (χ1v) is 22.0. The Kier molecular flexibility index (Phi) is 9.54. The first-order valence-electron chi connectivity index (χ1n) is 22.0. The van der Waals surface area contributed by atoms with Crippen LogP contribution in [-0.4, -0.2) is 14.2 Å². The molecule has 0 radical (unpaired) electrons. The lowest BCUT2D eigenvalue weighted by molar-refractivity contribution is 0.416. The molecule has 6 nitrogen and oxygen atoms in total. The first kappa shape index (κ1) is 39.2. The van der Waals surface area contributed by atoms with E-state index in [4.69, 9.17) is 18.3 Å². The standard InChI is InChI=1S/C58H48N2O4/c1-35(2)37-15-21-43(22-16-37)59(51-11-7-9-13-53(51)61-5)45-25-19-39-29-47-49-33-50-48-30-40-20-26-46(28-42(40)32-56(48)64-58(50)34-57(49)63-55(47)31-41(39)27-45)60(52-12-8-10-14-54(52)62-6)44-23-17-38(18-24-44)36(3)4/h7-36H,1-6H3. The Morgan fingerprint density at radius 1 is 0.359 bits per heavy atom. The van der Waals surface area contributed by atoms with Crippen molar-refractivity contribution in [2.45, 2.75) is 39.5 Å². The van der Waals surface area contributed by atoms with Gasteiger partial charge in [0.15, 0.2) is 0 Å². The fraction of sp³-hybridized carbons (Fsp3) is 0.138. The summed E-state index contributed by atoms with van der Waals surface area (Å²) >= 11 is 0. The van der Waals surface area contributed by atoms with Crippen LogP contribution in [0, 0.1) is 0 Å². The van der Waals surface area contributed by atoms with E-state index in [0.717, 1.165) is 111 Å². The molecule has 0 aliphatic carbocycles. The predicted octanol–water partition coefficient (Wildman–Crippen LogP) is 17.0. The third kappa shape index (κ3) is 6.65. The van der Waals surface area contributed by atoms with Crippen LogP contribution in [0.3, 0.4) is 0 Å². The van der Waals surface area contributed by atoms with Crippen LogP contribution in [-0.2, 0) is 0 Å². The minimum atomic E-state index is 0.443. The highest BCUT2D eigenvalue weighted by atomic mass is 16.5. The number of methoxy groups -OCH3 is 2. The molecule has 9 aromatic carbocycles. The van der Waals surface area contributed by atoms with E-state index in [1.165, 1.54) is 11.1 Å². The SMILES string of the molecule is COc1ccccc1N(c1ccc(C(C)C)cc1)c1ccc2cc3c(cc2c1)oc1cc2oc4cc5cc(N(c6ccc(C(C)C)cc6)c6ccccc6OC)ccc5cc4c2cc13. The average molecular weight is 837 g/mol. The molecule has 0 fully saturated rings. The number of ether oxygens (including phenoxy) is 2. The summed E-state index contributed by atoms with van der Waals surface area (Å²) in [6.45, 7) is 8.88. The molecule has 0 unspecified atom stereocenters. The monoisotopic (exact) mass is 836 g/mol. The Morgan fingerprint density at radius 3 is 1.14 bits per heavy atom. The van der Waals surface area contributed by atoms with Crippen LogP contribution < -0.4 is 19.3 Å². The normalized spacial score (nSPS) is 11.9. The maximum absolute atomic E-state index is 6.64. The van der Waals surface area contributed by atoms with Gasteiger partial charge in [-0.2, -0.15) is 0 Å². The second-order valence-corrected chi connectivity index (χ2v) is 17.3. The minimum absolute atomic E-state index is 0.443. The van der Waals surface area contributed by atoms with E-state index >= 15 is 0 Å². The molecule has 0 aliphatic rings. The number of fused-ring (bicyclic) bond motifs is 8. The van der Waals surface area contributed by atoms with E-state index in [9.17, 15) is 0 Å². The van der Waals surface area contributed by atoms with Gasteiger partial charge in [-0.15, -0.1) is 0 Å². The van der Waals surface area contributed by atoms with Gasteiger partial charge in [-0.05, 0) is 148 Å². The zero-order valence-electron chi connectivity index (χ0n) is 36.8. The lowest BCUT2D eigenvalue weighted by atomic mass is 10.0. The molecule has 0 amide bonds. The van der Waals surface area contributed by atoms with Gasteiger partial charge in [0.1, 0.15) is 33.8 Å². The number of nitrogens with zero attached hydrogens (tertiary/aromatic N) is 2. The molecule has 0 spiro atoms. The van der Waals surface area contributed by atoms with Crippen molar-refractivity contribution in [1.82, 2.24) is 0 Å². The molecule has 6 heteroatoms. The smallest absolute Gasteiger partial charge is 0.142 e. The summed E-state index contributed by atoms with van der Waals surface area (Å²) in [6, 6.07) is 60.3. The van der Waals surface area contributed by atoms with Crippen LogP contribution in [0.1, 0.15) is 50.7 Å². The van der Waals surface area contributed by atoms with E-state index in [-0.39, 0.29) is 0 Å². The molecule has 11 rings (SSSR count). The summed E-state index contributed by atoms with van der Waals surface area (Å²) in [5, 5.41) is 8.68. The molecule has 0 bridgehead atoms. The average Bonchev–Trinajstić information content (AvgIpc) is 3.85. The van der Waals surface area contributed by atoms with Crippen LogP contribution in [0.2, 0.25) is 0 Å². The zero-order chi connectivity index (χ0) is 43.6. The summed E-state index contributed by atoms with van der Waals surface area (Å²) in [6.07, 6.45) is 0. The van der Waals surface area contributed by atoms with Crippen molar-refractivity contribution in [3.8, 4) is 11.5 Å². The van der Waals surface area contributed by atoms with Crippen LogP contribution in [0.4, 0.5) is 34.1 Å². The quantitative estimate of drug-likeness (QED) is 0.137. The summed E-state index contributed by atoms with van der Waals surface area (Å²) < 4.78 is 25.0. The number of hydrogen-bond donors (Lipinski definition) is 0. The minimum Gasteiger partial charge on any atom is -0.495 e. The number of benzene rings is 9. The van der Waals surface area contributed by atoms with E-state index in [2.05, 4.69) is 177 Å². The summed E-state index contributed by atoms with van der Waals surface area (Å²) in [7, 11) is 3.45. The fourth-order valence-electron chi connectivity index (χ4n) is 9.28. The molecule has 314 valence electrons. The highest BCUT2D eigenvalue weighted by molar-refractivity contribution is 6.18. The summed E-state index contributed by atoms with van der Waals surface area (Å²) in [5.41, 5.74) is 12.0. The van der Waals surface area contributed by atoms with Crippen molar-refractivity contribution < 1.29 is 18.3 Å². The van der Waals surface area contributed by atoms with Crippen LogP contribution >= 0.6 is 0 Å². The molecular formula is C58H48N2O4. The van der Waals surface area contributed by atoms with Crippen LogP contribution in [0.25, 0.3) is 65.4 Å². The number of para-hydroxylation sites is 4. The number of hydrogen-bond acceptors (Lipinski definition) is 6. The molecule has 11 aromatic rings. The Morgan fingerprint density at radius 2 is 0.734 bits per heavy atom. The Hall–Kier alpha value is -7.70. The van der Waals surface area contributed by atoms with E-state index in [0.29, 0.717) is 11.8 Å². The van der Waals surface area contributed by atoms with Gasteiger partial charge in [-0.1, -0.05) is 88.4 Å². The van der Waals surface area contributed by atoms with Crippen molar-refractivity contribution in [2.24, 2.45) is 0 Å². The van der Waals surface area contributed by atoms with Crippen molar-refractivity contribution in [1.29, 1.82) is 0 Å². The molecule has 64 heavy (non-hydrogen) atoms. The summed E-state index contributed by atoms with van der Waals surface area (Å²) in [4.78, 5) is 4.52. The Balaban J connectivity index is 0.993. The van der Waals surface area contributed by atoms with Gasteiger partial charge in [0.05, 0.1) is 25.6 Å². The van der Waals surface area contributed by atoms with Crippen LogP contribution in [0.5, 0.6) is 11.5 Å². The highest BCUT2D eigenvalue weighted by Crippen LogP contribution is 2.45. The number of anilines is 6. The van der Waals surface area contributed by atoms with Gasteiger partial charge in [0.25, 0.3) is 0 Å². The van der Waals surface area contributed by atoms with Gasteiger partial charge >= 0.3 is 0 Å². The third-order valence-corrected chi connectivity index (χ3v) is 12.8. The summed E-state index contributed by atoms with van der Waals surface area (Å²) in [5.74, 6) is 2.49. The maximum Gasteiger partial charge on any atom is 0.142 e. The third-order valence-electron chi connectivity index (χ3n) is 12.8. The second-order valence-electron chi connectivity index (χ2n) is 17.3. The topological polar surface area (TPSA) is 51.2 Å². The first-order chi connectivity index (χ1) is 31.2. The molecule has 2 aromatic heterocycles. The molecule has 2 heterocycles.